The molecule has 0 aliphatic carbocycles. The van der Waals surface area contributed by atoms with Gasteiger partial charge in [-0.3, -0.25) is 0 Å². The molecule has 5 nitrogen and oxygen atoms in total. The molecule has 1 saturated heterocycles. The number of benzene rings is 1. The van der Waals surface area contributed by atoms with Crippen molar-refractivity contribution in [3.63, 3.8) is 0 Å². The van der Waals surface area contributed by atoms with Crippen LogP contribution in [0.2, 0.25) is 0 Å². The van der Waals surface area contributed by atoms with Gasteiger partial charge in [0.15, 0.2) is 11.6 Å². The second kappa shape index (κ2) is 5.75. The molecule has 1 aliphatic heterocycles. The van der Waals surface area contributed by atoms with Crippen LogP contribution >= 0.6 is 0 Å². The van der Waals surface area contributed by atoms with E-state index in [0.717, 1.165) is 12.1 Å². The van der Waals surface area contributed by atoms with E-state index in [1.165, 1.54) is 19.9 Å². The molecule has 118 valence electrons. The third kappa shape index (κ3) is 3.08. The molecule has 7 heteroatoms. The van der Waals surface area contributed by atoms with Gasteiger partial charge in [-0.1, -0.05) is 0 Å². The van der Waals surface area contributed by atoms with E-state index in [1.807, 2.05) is 0 Å². The number of rotatable bonds is 3. The zero-order valence-electron chi connectivity index (χ0n) is 12.2. The predicted octanol–water partition coefficient (Wildman–Crippen LogP) is 2.58. The van der Waals surface area contributed by atoms with Crippen molar-refractivity contribution in [1.29, 1.82) is 0 Å². The minimum atomic E-state index is -1.41. The van der Waals surface area contributed by atoms with Crippen molar-refractivity contribution in [1.82, 2.24) is 0 Å². The van der Waals surface area contributed by atoms with E-state index >= 15 is 0 Å². The zero-order chi connectivity index (χ0) is 16.5. The normalized spacial score (nSPS) is 16.9. The Balaban J connectivity index is 2.51. The Morgan fingerprint density at radius 1 is 1.18 bits per heavy atom. The highest BCUT2D eigenvalue weighted by atomic mass is 19.2. The molecule has 1 aromatic carbocycles. The molecule has 0 spiro atoms. The molecule has 1 aromatic rings. The van der Waals surface area contributed by atoms with Gasteiger partial charge in [0.05, 0.1) is 12.2 Å². The summed E-state index contributed by atoms with van der Waals surface area (Å²) in [5.74, 6) is -5.73. The Hall–Kier alpha value is -2.44. The lowest BCUT2D eigenvalue weighted by Gasteiger charge is -2.29. The van der Waals surface area contributed by atoms with Gasteiger partial charge in [0.1, 0.15) is 11.3 Å². The van der Waals surface area contributed by atoms with Crippen LogP contribution < -0.4 is 4.74 Å². The van der Waals surface area contributed by atoms with Crippen molar-refractivity contribution in [2.45, 2.75) is 26.6 Å². The van der Waals surface area contributed by atoms with E-state index in [0.29, 0.717) is 0 Å². The number of carbonyl (C=O) groups is 2. The molecule has 0 amide bonds. The van der Waals surface area contributed by atoms with Crippen molar-refractivity contribution >= 4 is 18.0 Å². The zero-order valence-corrected chi connectivity index (χ0v) is 12.2. The standard InChI is InChI=1S/C15H14F2O5/c1-4-20-11-6-5-10(16)12(17)8(11)7-9-13(18)21-15(2,3)22-14(9)19/h5-7H,4H2,1-3H3. The lowest BCUT2D eigenvalue weighted by Crippen LogP contribution is -2.41. The fraction of sp³-hybridized carbons (Fsp3) is 0.333. The molecule has 0 saturated carbocycles. The molecule has 1 fully saturated rings. The molecule has 22 heavy (non-hydrogen) atoms. The van der Waals surface area contributed by atoms with Crippen LogP contribution in [0.4, 0.5) is 8.78 Å². The first-order chi connectivity index (χ1) is 10.2. The van der Waals surface area contributed by atoms with Gasteiger partial charge in [-0.25, -0.2) is 18.4 Å². The maximum absolute atomic E-state index is 13.9. The number of hydrogen-bond acceptors (Lipinski definition) is 5. The fourth-order valence-electron chi connectivity index (χ4n) is 1.89. The number of halogens is 2. The quantitative estimate of drug-likeness (QED) is 0.488. The topological polar surface area (TPSA) is 61.8 Å². The van der Waals surface area contributed by atoms with Gasteiger partial charge < -0.3 is 14.2 Å². The molecular weight excluding hydrogens is 298 g/mol. The molecule has 0 unspecified atom stereocenters. The van der Waals surface area contributed by atoms with Crippen molar-refractivity contribution in [2.24, 2.45) is 0 Å². The van der Waals surface area contributed by atoms with Crippen molar-refractivity contribution in [3.8, 4) is 5.75 Å². The highest BCUT2D eigenvalue weighted by molar-refractivity contribution is 6.19. The maximum atomic E-state index is 13.9. The van der Waals surface area contributed by atoms with Crippen molar-refractivity contribution in [2.75, 3.05) is 6.61 Å². The number of hydrogen-bond donors (Lipinski definition) is 0. The van der Waals surface area contributed by atoms with Crippen LogP contribution in [0.25, 0.3) is 6.08 Å². The van der Waals surface area contributed by atoms with E-state index in [-0.39, 0.29) is 17.9 Å². The highest BCUT2D eigenvalue weighted by Gasteiger charge is 2.39. The molecule has 0 radical (unpaired) electrons. The summed E-state index contributed by atoms with van der Waals surface area (Å²) in [6.07, 6.45) is 0.864. The lowest BCUT2D eigenvalue weighted by molar-refractivity contribution is -0.222. The van der Waals surface area contributed by atoms with Gasteiger partial charge in [-0.2, -0.15) is 0 Å². The molecule has 0 aromatic heterocycles. The Morgan fingerprint density at radius 2 is 1.77 bits per heavy atom. The van der Waals surface area contributed by atoms with Gasteiger partial charge >= 0.3 is 11.9 Å². The molecular formula is C15H14F2O5. The fourth-order valence-corrected chi connectivity index (χ4v) is 1.89. The van der Waals surface area contributed by atoms with Crippen LogP contribution in [0, 0.1) is 11.6 Å². The first-order valence-electron chi connectivity index (χ1n) is 6.54. The lowest BCUT2D eigenvalue weighted by atomic mass is 10.1. The summed E-state index contributed by atoms with van der Waals surface area (Å²) in [7, 11) is 0. The minimum absolute atomic E-state index is 0.000617. The monoisotopic (exact) mass is 312 g/mol. The second-order valence-electron chi connectivity index (χ2n) is 4.94. The summed E-state index contributed by atoms with van der Waals surface area (Å²) in [6.45, 7) is 4.62. The summed E-state index contributed by atoms with van der Waals surface area (Å²) in [5.41, 5.74) is -0.893. The Morgan fingerprint density at radius 3 is 2.32 bits per heavy atom. The number of carbonyl (C=O) groups excluding carboxylic acids is 2. The first-order valence-corrected chi connectivity index (χ1v) is 6.54. The number of ether oxygens (including phenoxy) is 3. The average molecular weight is 312 g/mol. The van der Waals surface area contributed by atoms with Crippen molar-refractivity contribution in [3.05, 3.63) is 34.9 Å². The summed E-state index contributed by atoms with van der Waals surface area (Å²) in [5, 5.41) is 0. The van der Waals surface area contributed by atoms with Gasteiger partial charge in [-0.15, -0.1) is 0 Å². The Bertz CT molecular complexity index is 642. The molecule has 2 rings (SSSR count). The van der Waals surface area contributed by atoms with Crippen molar-refractivity contribution < 1.29 is 32.6 Å². The van der Waals surface area contributed by atoms with Gasteiger partial charge in [-0.05, 0) is 25.1 Å². The summed E-state index contributed by atoms with van der Waals surface area (Å²) in [4.78, 5) is 23.7. The first kappa shape index (κ1) is 15.9. The third-order valence-electron chi connectivity index (χ3n) is 2.80. The molecule has 0 bridgehead atoms. The van der Waals surface area contributed by atoms with Gasteiger partial charge in [0.25, 0.3) is 5.79 Å². The van der Waals surface area contributed by atoms with E-state index in [9.17, 15) is 18.4 Å². The van der Waals surface area contributed by atoms with E-state index in [1.54, 1.807) is 6.92 Å². The largest absolute Gasteiger partial charge is 0.493 e. The van der Waals surface area contributed by atoms with Gasteiger partial charge in [0.2, 0.25) is 0 Å². The van der Waals surface area contributed by atoms with Crippen LogP contribution in [0.1, 0.15) is 26.3 Å². The molecule has 1 heterocycles. The molecule has 0 N–H and O–H groups in total. The average Bonchev–Trinajstić information content (AvgIpc) is 2.40. The second-order valence-corrected chi connectivity index (χ2v) is 4.94. The van der Waals surface area contributed by atoms with E-state index < -0.39 is 34.9 Å². The smallest absolute Gasteiger partial charge is 0.348 e. The Labute approximate surface area is 125 Å². The maximum Gasteiger partial charge on any atom is 0.348 e. The molecule has 1 aliphatic rings. The van der Waals surface area contributed by atoms with Crippen LogP contribution in [0.15, 0.2) is 17.7 Å². The van der Waals surface area contributed by atoms with Crippen LogP contribution in [-0.2, 0) is 19.1 Å². The summed E-state index contributed by atoms with van der Waals surface area (Å²) < 4.78 is 42.3. The SMILES string of the molecule is CCOc1ccc(F)c(F)c1C=C1C(=O)OC(C)(C)OC1=O. The van der Waals surface area contributed by atoms with Gasteiger partial charge in [0, 0.05) is 13.8 Å². The van der Waals surface area contributed by atoms with E-state index in [4.69, 9.17) is 14.2 Å². The summed E-state index contributed by atoms with van der Waals surface area (Å²) in [6, 6.07) is 2.10. The van der Waals surface area contributed by atoms with E-state index in [2.05, 4.69) is 0 Å². The minimum Gasteiger partial charge on any atom is -0.493 e. The number of esters is 2. The van der Waals surface area contributed by atoms with Crippen LogP contribution in [0.3, 0.4) is 0 Å². The highest BCUT2D eigenvalue weighted by Crippen LogP contribution is 2.29. The third-order valence-corrected chi connectivity index (χ3v) is 2.80. The number of cyclic esters (lactones) is 2. The van der Waals surface area contributed by atoms with Crippen LogP contribution in [-0.4, -0.2) is 24.3 Å². The Kier molecular flexibility index (Phi) is 4.16. The summed E-state index contributed by atoms with van der Waals surface area (Å²) >= 11 is 0. The predicted molar refractivity (Wildman–Crippen MR) is 71.8 cm³/mol. The van der Waals surface area contributed by atoms with Crippen LogP contribution in [0.5, 0.6) is 5.75 Å². The molecule has 0 atom stereocenters.